The van der Waals surface area contributed by atoms with Gasteiger partial charge in [0.2, 0.25) is 0 Å². The minimum atomic E-state index is -2.06. The van der Waals surface area contributed by atoms with Crippen LogP contribution in [0.15, 0.2) is 0 Å². The molecule has 0 saturated carbocycles. The van der Waals surface area contributed by atoms with Gasteiger partial charge in [-0.3, -0.25) is 4.79 Å². The van der Waals surface area contributed by atoms with Gasteiger partial charge in [0.05, 0.1) is 79.4 Å². The third-order valence-electron chi connectivity index (χ3n) is 17.9. The van der Waals surface area contributed by atoms with Crippen molar-refractivity contribution in [2.75, 3.05) is 35.5 Å². The van der Waals surface area contributed by atoms with Crippen molar-refractivity contribution in [1.82, 2.24) is 0 Å². The summed E-state index contributed by atoms with van der Waals surface area (Å²) in [7, 11) is 8.19. The van der Waals surface area contributed by atoms with E-state index >= 15 is 0 Å². The molecule has 3 N–H and O–H groups in total. The molecule has 1 spiro atoms. The fourth-order valence-corrected chi connectivity index (χ4v) is 13.5. The topological polar surface area (TPSA) is 198 Å². The summed E-state index contributed by atoms with van der Waals surface area (Å²) >= 11 is 0. The van der Waals surface area contributed by atoms with Crippen LogP contribution in [0.1, 0.15) is 121 Å². The number of aliphatic hydroxyl groups is 2. The van der Waals surface area contributed by atoms with E-state index in [9.17, 15) is 20.1 Å². The average Bonchev–Trinajstić information content (AvgIpc) is 4.02. The monoisotopic (exact) mass is 945 g/mol. The minimum Gasteiger partial charge on any atom is -0.481 e. The molecule has 66 heavy (non-hydrogen) atoms. The molecule has 0 aliphatic carbocycles. The summed E-state index contributed by atoms with van der Waals surface area (Å²) in [6, 6.07) is 0. The van der Waals surface area contributed by atoms with Gasteiger partial charge in [-0.25, -0.2) is 0 Å². The molecule has 7 aliphatic heterocycles. The van der Waals surface area contributed by atoms with Gasteiger partial charge in [-0.1, -0.05) is 34.6 Å². The van der Waals surface area contributed by atoms with Crippen molar-refractivity contribution >= 4 is 5.97 Å². The summed E-state index contributed by atoms with van der Waals surface area (Å²) in [5.41, 5.74) is -2.02. The molecule has 0 aromatic carbocycles. The van der Waals surface area contributed by atoms with Crippen LogP contribution in [0, 0.1) is 35.5 Å². The summed E-state index contributed by atoms with van der Waals surface area (Å²) in [5.74, 6) is -8.76. The predicted octanol–water partition coefficient (Wildman–Crippen LogP) is 5.22. The largest absolute Gasteiger partial charge is 0.481 e. The molecule has 25 atom stereocenters. The first-order valence-corrected chi connectivity index (χ1v) is 24.7. The fourth-order valence-electron chi connectivity index (χ4n) is 13.5. The van der Waals surface area contributed by atoms with Crippen LogP contribution in [0.25, 0.3) is 0 Å². The fraction of sp³-hybridized carbons (Fsp3) is 0.980. The molecule has 0 aromatic rings. The molecule has 0 radical (unpaired) electrons. The number of rotatable bonds is 14. The molecule has 7 heterocycles. The number of ether oxygens (including phenoxy) is 13. The van der Waals surface area contributed by atoms with E-state index < -0.39 is 83.2 Å². The first-order valence-electron chi connectivity index (χ1n) is 24.7. The number of methoxy groups -OCH3 is 5. The number of aliphatic carboxylic acids is 1. The Morgan fingerprint density at radius 2 is 1.33 bits per heavy atom. The first-order chi connectivity index (χ1) is 31.0. The lowest BCUT2D eigenvalue weighted by Gasteiger charge is -2.57. The van der Waals surface area contributed by atoms with E-state index in [1.807, 2.05) is 20.8 Å². The van der Waals surface area contributed by atoms with Crippen LogP contribution in [0.2, 0.25) is 0 Å². The molecule has 17 heteroatoms. The summed E-state index contributed by atoms with van der Waals surface area (Å²) in [5, 5.41) is 33.6. The number of carboxylic acid groups (broad SMARTS) is 1. The lowest BCUT2D eigenvalue weighted by Crippen LogP contribution is -2.70. The Hall–Kier alpha value is -1.13. The van der Waals surface area contributed by atoms with Crippen molar-refractivity contribution in [3.05, 3.63) is 0 Å². The van der Waals surface area contributed by atoms with Crippen molar-refractivity contribution < 1.29 is 81.7 Å². The summed E-state index contributed by atoms with van der Waals surface area (Å²) < 4.78 is 84.5. The molecule has 17 nitrogen and oxygen atoms in total. The van der Waals surface area contributed by atoms with Gasteiger partial charge < -0.3 is 76.9 Å². The standard InChI is InChI=1S/C49H84O17/c1-24-40(62-39-21-19-32(54-11)30(7)59-39)26(3)47(10,52)65-41(24)35-17-16-33(60-35)34-18-20-37(61-34)46(9)43(57-14)28(5)49(66-46)25(2)36(55-12)22-31(63-49)23-38-45(8,58-15)42(56-13)27(4)48(53,64-38)29(6)44(50)51/h24-43,52-53H,16-23H2,1-15H3,(H,50,51)/t24-,25+,26+,27-,28+,29-,30+,31-,32-,33+,34-,35+,36+,37+,38-,39-,40-,41-,42-,43+,45-,46+,47-,48-,49-/m0/s1. The van der Waals surface area contributed by atoms with Gasteiger partial charge >= 0.3 is 5.97 Å². The second-order valence-corrected chi connectivity index (χ2v) is 21.5. The maximum Gasteiger partial charge on any atom is 0.311 e. The highest BCUT2D eigenvalue weighted by Crippen LogP contribution is 2.57. The van der Waals surface area contributed by atoms with Gasteiger partial charge in [-0.15, -0.1) is 0 Å². The molecule has 0 aromatic heterocycles. The SMILES string of the molecule is CO[C@H]1CC[C@H](O[C@H]2[C@H](C)[C@@H]([C@H]3CC[C@H]([C@@H]4CC[C@H]([C@@]5(C)O[C@]6(O[C@H](C[C@@H]7O[C@](O)([C@@H](C)C(=O)O)[C@@H](C)[C@H](OC)[C@@]7(C)OC)C[C@@H](OC)[C@H]6C)[C@H](C)[C@H]5OC)O4)O3)O[C@](C)(O)[C@@H]2C)O[C@@H]1C. The lowest BCUT2D eigenvalue weighted by molar-refractivity contribution is -0.384. The van der Waals surface area contributed by atoms with Crippen LogP contribution in [-0.2, 0) is 66.4 Å². The Morgan fingerprint density at radius 3 is 1.94 bits per heavy atom. The van der Waals surface area contributed by atoms with Crippen molar-refractivity contribution in [2.24, 2.45) is 35.5 Å². The van der Waals surface area contributed by atoms with Gasteiger partial charge in [-0.05, 0) is 66.7 Å². The second-order valence-electron chi connectivity index (χ2n) is 21.5. The van der Waals surface area contributed by atoms with E-state index in [4.69, 9.17) is 61.6 Å². The van der Waals surface area contributed by atoms with Crippen LogP contribution < -0.4 is 0 Å². The van der Waals surface area contributed by atoms with Gasteiger partial charge in [0.25, 0.3) is 0 Å². The van der Waals surface area contributed by atoms with E-state index in [1.54, 1.807) is 42.3 Å². The van der Waals surface area contributed by atoms with Crippen LogP contribution in [0.5, 0.6) is 0 Å². The maximum atomic E-state index is 12.3. The van der Waals surface area contributed by atoms with E-state index in [-0.39, 0.29) is 78.9 Å². The zero-order valence-corrected chi connectivity index (χ0v) is 42.3. The smallest absolute Gasteiger partial charge is 0.311 e. The number of hydrogen-bond acceptors (Lipinski definition) is 16. The molecular formula is C49H84O17. The van der Waals surface area contributed by atoms with Gasteiger partial charge in [0.1, 0.15) is 17.1 Å². The van der Waals surface area contributed by atoms with Crippen molar-refractivity contribution in [3.63, 3.8) is 0 Å². The number of hydrogen-bond donors (Lipinski definition) is 3. The Balaban J connectivity index is 1.05. The van der Waals surface area contributed by atoms with Crippen LogP contribution >= 0.6 is 0 Å². The molecule has 0 bridgehead atoms. The molecule has 7 saturated heterocycles. The van der Waals surface area contributed by atoms with Crippen LogP contribution in [0.3, 0.4) is 0 Å². The van der Waals surface area contributed by atoms with Gasteiger partial charge in [0, 0.05) is 84.4 Å². The molecular weight excluding hydrogens is 861 g/mol. The van der Waals surface area contributed by atoms with E-state index in [2.05, 4.69) is 27.7 Å². The number of carboxylic acids is 1. The number of carbonyl (C=O) groups is 1. The molecule has 7 rings (SSSR count). The average molecular weight is 945 g/mol. The highest BCUT2D eigenvalue weighted by Gasteiger charge is 2.70. The van der Waals surface area contributed by atoms with Crippen molar-refractivity contribution in [2.45, 2.75) is 235 Å². The van der Waals surface area contributed by atoms with E-state index in [1.165, 1.54) is 14.0 Å². The summed E-state index contributed by atoms with van der Waals surface area (Å²) in [4.78, 5) is 12.3. The minimum absolute atomic E-state index is 0.0246. The lowest BCUT2D eigenvalue weighted by atomic mass is 9.71. The zero-order chi connectivity index (χ0) is 48.5. The Morgan fingerprint density at radius 1 is 0.697 bits per heavy atom. The quantitative estimate of drug-likeness (QED) is 0.205. The van der Waals surface area contributed by atoms with Crippen molar-refractivity contribution in [1.29, 1.82) is 0 Å². The Bertz CT molecular complexity index is 1650. The van der Waals surface area contributed by atoms with E-state index in [0.29, 0.717) is 19.3 Å². The molecule has 0 amide bonds. The first kappa shape index (κ1) is 52.7. The highest BCUT2D eigenvalue weighted by molar-refractivity contribution is 5.70. The second kappa shape index (κ2) is 19.8. The normalized spacial score (nSPS) is 53.9. The third kappa shape index (κ3) is 8.96. The van der Waals surface area contributed by atoms with Crippen molar-refractivity contribution in [3.8, 4) is 0 Å². The molecule has 7 fully saturated rings. The maximum absolute atomic E-state index is 12.3. The molecule has 382 valence electrons. The van der Waals surface area contributed by atoms with Crippen LogP contribution in [-0.4, -0.2) is 171 Å². The van der Waals surface area contributed by atoms with Gasteiger partial charge in [0.15, 0.2) is 23.7 Å². The van der Waals surface area contributed by atoms with Crippen LogP contribution in [0.4, 0.5) is 0 Å². The highest BCUT2D eigenvalue weighted by atomic mass is 16.7. The summed E-state index contributed by atoms with van der Waals surface area (Å²) in [6.07, 6.45) is 0.210. The third-order valence-corrected chi connectivity index (χ3v) is 17.9. The molecule has 0 unspecified atom stereocenters. The van der Waals surface area contributed by atoms with Gasteiger partial charge in [-0.2, -0.15) is 0 Å². The predicted molar refractivity (Wildman–Crippen MR) is 237 cm³/mol. The Kier molecular flexibility index (Phi) is 15.8. The summed E-state index contributed by atoms with van der Waals surface area (Å²) in [6.45, 7) is 19.0. The zero-order valence-electron chi connectivity index (χ0n) is 42.3. The molecule has 7 aliphatic rings. The van der Waals surface area contributed by atoms with E-state index in [0.717, 1.165) is 25.7 Å². The Labute approximate surface area is 392 Å².